The van der Waals surface area contributed by atoms with Crippen LogP contribution < -0.4 is 0 Å². The van der Waals surface area contributed by atoms with Crippen LogP contribution in [0.2, 0.25) is 0 Å². The van der Waals surface area contributed by atoms with Crippen molar-refractivity contribution in [2.75, 3.05) is 6.61 Å². The van der Waals surface area contributed by atoms with Gasteiger partial charge in [0.05, 0.1) is 36.1 Å². The lowest BCUT2D eigenvalue weighted by Crippen LogP contribution is -2.16. The van der Waals surface area contributed by atoms with E-state index in [9.17, 15) is 4.79 Å². The number of aromatic nitrogens is 2. The number of hydrogen-bond acceptors (Lipinski definition) is 4. The highest BCUT2D eigenvalue weighted by Gasteiger charge is 2.30. The van der Waals surface area contributed by atoms with Crippen LogP contribution in [0.4, 0.5) is 0 Å². The number of imidazole rings is 1. The molecule has 1 aromatic heterocycles. The normalized spacial score (nSPS) is 18.3. The Morgan fingerprint density at radius 3 is 2.81 bits per heavy atom. The van der Waals surface area contributed by atoms with Crippen LogP contribution in [0.5, 0.6) is 0 Å². The zero-order valence-electron chi connectivity index (χ0n) is 15.0. The van der Waals surface area contributed by atoms with Crippen molar-refractivity contribution in [3.8, 4) is 0 Å². The lowest BCUT2D eigenvalue weighted by Gasteiger charge is -2.21. The van der Waals surface area contributed by atoms with Gasteiger partial charge < -0.3 is 9.30 Å². The van der Waals surface area contributed by atoms with Gasteiger partial charge in [0.1, 0.15) is 0 Å². The summed E-state index contributed by atoms with van der Waals surface area (Å²) in [5.41, 5.74) is 4.68. The Bertz CT molecular complexity index is 1030. The Kier molecular flexibility index (Phi) is 4.66. The van der Waals surface area contributed by atoms with Gasteiger partial charge in [-0.1, -0.05) is 52.3 Å². The molecule has 1 aliphatic carbocycles. The largest absolute Gasteiger partial charge is 0.461 e. The highest BCUT2D eigenvalue weighted by Crippen LogP contribution is 2.39. The molecule has 2 aromatic rings. The van der Waals surface area contributed by atoms with Gasteiger partial charge >= 0.3 is 5.97 Å². The first-order valence-electron chi connectivity index (χ1n) is 8.74. The first-order chi connectivity index (χ1) is 13.1. The molecule has 6 heteroatoms. The van der Waals surface area contributed by atoms with Crippen molar-refractivity contribution in [1.82, 2.24) is 9.55 Å². The van der Waals surface area contributed by atoms with Crippen LogP contribution in [0, 0.1) is 0 Å². The SMILES string of the molecule is CCOC(=O)c1ncn2c1C(C)=NC(c1ccccc1)=C1C=C(Br)C=CC12. The Hall–Kier alpha value is -2.73. The summed E-state index contributed by atoms with van der Waals surface area (Å²) in [4.78, 5) is 21.6. The Balaban J connectivity index is 1.95. The van der Waals surface area contributed by atoms with Gasteiger partial charge in [0.25, 0.3) is 0 Å². The first kappa shape index (κ1) is 17.7. The summed E-state index contributed by atoms with van der Waals surface area (Å²) >= 11 is 3.57. The van der Waals surface area contributed by atoms with Crippen LogP contribution in [-0.4, -0.2) is 27.8 Å². The minimum atomic E-state index is -0.429. The summed E-state index contributed by atoms with van der Waals surface area (Å²) in [7, 11) is 0. The number of aliphatic imine (C=N–C) groups is 1. The van der Waals surface area contributed by atoms with Crippen LogP contribution in [0.1, 0.15) is 41.6 Å². The molecule has 0 saturated carbocycles. The standard InChI is InChI=1S/C21H18BrN3O2/c1-3-27-21(26)19-20-13(2)24-18(14-7-5-4-6-8-14)16-11-15(22)9-10-17(16)25(20)12-23-19/h4-12,17H,3H2,1-2H3. The summed E-state index contributed by atoms with van der Waals surface area (Å²) in [6.45, 7) is 3.99. The molecular formula is C21H18BrN3O2. The first-order valence-corrected chi connectivity index (χ1v) is 9.54. The van der Waals surface area contributed by atoms with Crippen molar-refractivity contribution in [1.29, 1.82) is 0 Å². The monoisotopic (exact) mass is 423 g/mol. The van der Waals surface area contributed by atoms with E-state index < -0.39 is 5.97 Å². The Labute approximate surface area is 165 Å². The molecule has 4 rings (SSSR count). The lowest BCUT2D eigenvalue weighted by molar-refractivity contribution is 0.0519. The number of allylic oxidation sites excluding steroid dienone is 5. The fourth-order valence-electron chi connectivity index (χ4n) is 3.41. The molecule has 0 fully saturated rings. The van der Waals surface area contributed by atoms with E-state index in [-0.39, 0.29) is 6.04 Å². The molecule has 5 nitrogen and oxygen atoms in total. The van der Waals surface area contributed by atoms with E-state index in [1.54, 1.807) is 13.3 Å². The molecule has 0 amide bonds. The van der Waals surface area contributed by atoms with Crippen molar-refractivity contribution < 1.29 is 9.53 Å². The summed E-state index contributed by atoms with van der Waals surface area (Å²) in [6.07, 6.45) is 7.85. The number of carbonyl (C=O) groups excluding carboxylic acids is 1. The number of halogens is 1. The number of esters is 1. The van der Waals surface area contributed by atoms with Gasteiger partial charge in [-0.2, -0.15) is 0 Å². The average Bonchev–Trinajstić information content (AvgIpc) is 3.07. The molecule has 0 N–H and O–H groups in total. The summed E-state index contributed by atoms with van der Waals surface area (Å²) in [5, 5.41) is 0. The van der Waals surface area contributed by atoms with Gasteiger partial charge in [0.15, 0.2) is 5.69 Å². The number of rotatable bonds is 3. The molecule has 1 unspecified atom stereocenters. The van der Waals surface area contributed by atoms with Gasteiger partial charge in [-0.15, -0.1) is 0 Å². The minimum absolute atomic E-state index is 0.103. The third-order valence-corrected chi connectivity index (χ3v) is 5.05. The maximum atomic E-state index is 12.4. The predicted octanol–water partition coefficient (Wildman–Crippen LogP) is 4.68. The van der Waals surface area contributed by atoms with E-state index in [4.69, 9.17) is 9.73 Å². The molecule has 2 aliphatic rings. The molecule has 0 saturated heterocycles. The van der Waals surface area contributed by atoms with Crippen LogP contribution in [0.15, 0.2) is 69.9 Å². The fourth-order valence-corrected chi connectivity index (χ4v) is 3.81. The van der Waals surface area contributed by atoms with E-state index in [0.717, 1.165) is 27.0 Å². The topological polar surface area (TPSA) is 56.5 Å². The van der Waals surface area contributed by atoms with Gasteiger partial charge in [0, 0.05) is 15.6 Å². The zero-order chi connectivity index (χ0) is 19.0. The fraction of sp³-hybridized carbons (Fsp3) is 0.190. The van der Waals surface area contributed by atoms with Gasteiger partial charge in [-0.3, -0.25) is 4.99 Å². The molecule has 27 heavy (non-hydrogen) atoms. The van der Waals surface area contributed by atoms with E-state index in [2.05, 4.69) is 33.1 Å². The number of nitrogens with zero attached hydrogens (tertiary/aromatic N) is 3. The van der Waals surface area contributed by atoms with Crippen LogP contribution in [0.25, 0.3) is 5.70 Å². The number of fused-ring (bicyclic) bond motifs is 3. The average molecular weight is 424 g/mol. The van der Waals surface area contributed by atoms with Crippen molar-refractivity contribution in [2.24, 2.45) is 4.99 Å². The second-order valence-corrected chi connectivity index (χ2v) is 7.19. The zero-order valence-corrected chi connectivity index (χ0v) is 16.6. The van der Waals surface area contributed by atoms with Gasteiger partial charge in [0.2, 0.25) is 0 Å². The molecule has 0 spiro atoms. The number of hydrogen-bond donors (Lipinski definition) is 0. The van der Waals surface area contributed by atoms with Crippen molar-refractivity contribution in [3.05, 3.63) is 81.9 Å². The summed E-state index contributed by atoms with van der Waals surface area (Å²) in [6, 6.07) is 9.96. The van der Waals surface area contributed by atoms with E-state index in [1.165, 1.54) is 0 Å². The van der Waals surface area contributed by atoms with Crippen molar-refractivity contribution >= 4 is 33.3 Å². The van der Waals surface area contributed by atoms with Crippen LogP contribution in [0.3, 0.4) is 0 Å². The van der Waals surface area contributed by atoms with E-state index >= 15 is 0 Å². The van der Waals surface area contributed by atoms with Crippen molar-refractivity contribution in [2.45, 2.75) is 19.9 Å². The van der Waals surface area contributed by atoms with Crippen LogP contribution >= 0.6 is 15.9 Å². The molecule has 1 aliphatic heterocycles. The molecule has 136 valence electrons. The smallest absolute Gasteiger partial charge is 0.359 e. The summed E-state index contributed by atoms with van der Waals surface area (Å²) in [5.74, 6) is -0.429. The highest BCUT2D eigenvalue weighted by atomic mass is 79.9. The maximum Gasteiger partial charge on any atom is 0.359 e. The summed E-state index contributed by atoms with van der Waals surface area (Å²) < 4.78 is 8.15. The molecule has 0 radical (unpaired) electrons. The second-order valence-electron chi connectivity index (χ2n) is 6.27. The van der Waals surface area contributed by atoms with E-state index in [0.29, 0.717) is 18.0 Å². The second kappa shape index (κ2) is 7.12. The quantitative estimate of drug-likeness (QED) is 0.673. The molecule has 0 bridgehead atoms. The number of carbonyl (C=O) groups is 1. The number of ether oxygens (including phenoxy) is 1. The molecule has 1 atom stereocenters. The van der Waals surface area contributed by atoms with Gasteiger partial charge in [-0.25, -0.2) is 9.78 Å². The third kappa shape index (κ3) is 3.10. The van der Waals surface area contributed by atoms with E-state index in [1.807, 2.05) is 47.9 Å². The molecule has 1 aromatic carbocycles. The molecule has 2 heterocycles. The predicted molar refractivity (Wildman–Crippen MR) is 109 cm³/mol. The maximum absolute atomic E-state index is 12.4. The molecular weight excluding hydrogens is 406 g/mol. The Morgan fingerprint density at radius 2 is 2.07 bits per heavy atom. The third-order valence-electron chi connectivity index (χ3n) is 4.55. The Morgan fingerprint density at radius 1 is 1.30 bits per heavy atom. The lowest BCUT2D eigenvalue weighted by atomic mass is 9.96. The number of benzene rings is 1. The highest BCUT2D eigenvalue weighted by molar-refractivity contribution is 9.11. The van der Waals surface area contributed by atoms with Crippen molar-refractivity contribution in [3.63, 3.8) is 0 Å². The minimum Gasteiger partial charge on any atom is -0.461 e. The van der Waals surface area contributed by atoms with Gasteiger partial charge in [-0.05, 0) is 26.0 Å². The van der Waals surface area contributed by atoms with Crippen LogP contribution in [-0.2, 0) is 4.74 Å².